The summed E-state index contributed by atoms with van der Waals surface area (Å²) < 4.78 is 0. The van der Waals surface area contributed by atoms with E-state index in [1.54, 1.807) is 12.5 Å². The first-order valence-electron chi connectivity index (χ1n) is 5.46. The molecule has 2 heterocycles. The van der Waals surface area contributed by atoms with Gasteiger partial charge in [-0.15, -0.1) is 0 Å². The van der Waals surface area contributed by atoms with Crippen molar-refractivity contribution in [2.75, 3.05) is 44.2 Å². The first-order chi connectivity index (χ1) is 7.90. The fourth-order valence-electron chi connectivity index (χ4n) is 1.86. The Morgan fingerprint density at radius 3 is 2.75 bits per heavy atom. The van der Waals surface area contributed by atoms with Crippen molar-refractivity contribution in [1.29, 1.82) is 0 Å². The van der Waals surface area contributed by atoms with Crippen LogP contribution < -0.4 is 4.90 Å². The Hall–Kier alpha value is -1.67. The van der Waals surface area contributed by atoms with Crippen molar-refractivity contribution >= 4 is 5.82 Å². The number of anilines is 1. The molecule has 0 saturated carbocycles. The van der Waals surface area contributed by atoms with Crippen LogP contribution in [0.3, 0.4) is 0 Å². The van der Waals surface area contributed by atoms with Crippen molar-refractivity contribution < 1.29 is 0 Å². The Labute approximate surface area is 95.5 Å². The molecule has 0 atom stereocenters. The molecule has 0 N–H and O–H groups in total. The highest BCUT2D eigenvalue weighted by Crippen LogP contribution is 2.11. The normalized spacial score (nSPS) is 17.1. The van der Waals surface area contributed by atoms with Crippen molar-refractivity contribution in [2.24, 2.45) is 0 Å². The van der Waals surface area contributed by atoms with Crippen LogP contribution in [0.2, 0.25) is 0 Å². The lowest BCUT2D eigenvalue weighted by Gasteiger charge is -2.34. The molecule has 16 heavy (non-hydrogen) atoms. The predicted octanol–water partition coefficient (Wildman–Crippen LogP) is 0.518. The second kappa shape index (κ2) is 5.42. The molecule has 1 aromatic rings. The van der Waals surface area contributed by atoms with Crippen LogP contribution in [0.25, 0.3) is 4.85 Å². The van der Waals surface area contributed by atoms with E-state index in [9.17, 15) is 0 Å². The standard InChI is InChI=1S/C11H15N5/c1-12-4-5-15-6-8-16(9-7-15)11-2-3-13-10-14-11/h2-3,10H,4-9H2. The van der Waals surface area contributed by atoms with Crippen molar-refractivity contribution in [1.82, 2.24) is 14.9 Å². The number of piperazine rings is 1. The second-order valence-corrected chi connectivity index (χ2v) is 3.78. The molecular formula is C11H15N5. The molecule has 0 bridgehead atoms. The summed E-state index contributed by atoms with van der Waals surface area (Å²) >= 11 is 0. The fraction of sp³-hybridized carbons (Fsp3) is 0.545. The van der Waals surface area contributed by atoms with E-state index in [0.29, 0.717) is 6.54 Å². The average Bonchev–Trinajstić information content (AvgIpc) is 2.38. The van der Waals surface area contributed by atoms with Gasteiger partial charge in [0.2, 0.25) is 6.54 Å². The van der Waals surface area contributed by atoms with Crippen molar-refractivity contribution in [3.8, 4) is 0 Å². The van der Waals surface area contributed by atoms with Gasteiger partial charge in [-0.05, 0) is 6.07 Å². The highest BCUT2D eigenvalue weighted by Gasteiger charge is 2.17. The van der Waals surface area contributed by atoms with Gasteiger partial charge in [0, 0.05) is 32.4 Å². The largest absolute Gasteiger partial charge is 0.354 e. The lowest BCUT2D eigenvalue weighted by molar-refractivity contribution is 0.268. The van der Waals surface area contributed by atoms with Crippen LogP contribution in [0.1, 0.15) is 0 Å². The molecule has 0 spiro atoms. The number of rotatable bonds is 3. The minimum absolute atomic E-state index is 0.605. The van der Waals surface area contributed by atoms with E-state index in [2.05, 4.69) is 24.6 Å². The summed E-state index contributed by atoms with van der Waals surface area (Å²) in [5.74, 6) is 1.000. The van der Waals surface area contributed by atoms with Crippen LogP contribution in [0.5, 0.6) is 0 Å². The van der Waals surface area contributed by atoms with Gasteiger partial charge in [0.05, 0.1) is 6.54 Å². The van der Waals surface area contributed by atoms with Gasteiger partial charge in [0.25, 0.3) is 0 Å². The quantitative estimate of drug-likeness (QED) is 0.692. The van der Waals surface area contributed by atoms with Crippen LogP contribution in [0.4, 0.5) is 5.82 Å². The van der Waals surface area contributed by atoms with Crippen LogP contribution in [0.15, 0.2) is 18.6 Å². The Kier molecular flexibility index (Phi) is 3.67. The first-order valence-corrected chi connectivity index (χ1v) is 5.46. The van der Waals surface area contributed by atoms with E-state index in [4.69, 9.17) is 6.57 Å². The molecule has 0 aromatic carbocycles. The summed E-state index contributed by atoms with van der Waals surface area (Å²) in [4.78, 5) is 16.1. The van der Waals surface area contributed by atoms with Crippen molar-refractivity contribution in [2.45, 2.75) is 0 Å². The van der Waals surface area contributed by atoms with Gasteiger partial charge in [0.15, 0.2) is 0 Å². The molecule has 0 radical (unpaired) electrons. The Bertz CT molecular complexity index is 350. The Balaban J connectivity index is 1.84. The molecule has 5 heteroatoms. The third-order valence-corrected chi connectivity index (χ3v) is 2.79. The van der Waals surface area contributed by atoms with E-state index in [-0.39, 0.29) is 0 Å². The Morgan fingerprint density at radius 1 is 1.31 bits per heavy atom. The summed E-state index contributed by atoms with van der Waals surface area (Å²) in [7, 11) is 0. The molecule has 1 aromatic heterocycles. The summed E-state index contributed by atoms with van der Waals surface area (Å²) in [5.41, 5.74) is 0. The molecule has 84 valence electrons. The third-order valence-electron chi connectivity index (χ3n) is 2.79. The smallest absolute Gasteiger partial charge is 0.227 e. The minimum Gasteiger partial charge on any atom is -0.354 e. The van der Waals surface area contributed by atoms with Crippen LogP contribution in [-0.4, -0.2) is 54.1 Å². The van der Waals surface area contributed by atoms with Gasteiger partial charge in [-0.2, -0.15) is 0 Å². The van der Waals surface area contributed by atoms with E-state index >= 15 is 0 Å². The number of hydrogen-bond donors (Lipinski definition) is 0. The molecule has 1 fully saturated rings. The number of aromatic nitrogens is 2. The van der Waals surface area contributed by atoms with Crippen molar-refractivity contribution in [3.05, 3.63) is 30.0 Å². The van der Waals surface area contributed by atoms with Gasteiger partial charge in [-0.25, -0.2) is 16.5 Å². The summed E-state index contributed by atoms with van der Waals surface area (Å²) in [6, 6.07) is 1.94. The van der Waals surface area contributed by atoms with Crippen molar-refractivity contribution in [3.63, 3.8) is 0 Å². The van der Waals surface area contributed by atoms with Gasteiger partial charge in [-0.3, -0.25) is 4.90 Å². The average molecular weight is 217 g/mol. The van der Waals surface area contributed by atoms with E-state index < -0.39 is 0 Å². The van der Waals surface area contributed by atoms with E-state index in [0.717, 1.165) is 38.5 Å². The maximum atomic E-state index is 6.77. The number of nitrogens with zero attached hydrogens (tertiary/aromatic N) is 5. The molecule has 0 aliphatic carbocycles. The summed E-state index contributed by atoms with van der Waals surface area (Å²) in [6.45, 7) is 12.3. The predicted molar refractivity (Wildman–Crippen MR) is 62.2 cm³/mol. The topological polar surface area (TPSA) is 36.6 Å². The molecule has 1 saturated heterocycles. The molecule has 0 unspecified atom stereocenters. The minimum atomic E-state index is 0.605. The zero-order valence-electron chi connectivity index (χ0n) is 9.21. The Morgan fingerprint density at radius 2 is 2.12 bits per heavy atom. The molecule has 1 aliphatic rings. The monoisotopic (exact) mass is 217 g/mol. The molecule has 2 rings (SSSR count). The number of hydrogen-bond acceptors (Lipinski definition) is 4. The van der Waals surface area contributed by atoms with Crippen LogP contribution in [0, 0.1) is 6.57 Å². The molecule has 0 amide bonds. The molecule has 1 aliphatic heterocycles. The molecular weight excluding hydrogens is 202 g/mol. The maximum absolute atomic E-state index is 6.77. The van der Waals surface area contributed by atoms with Gasteiger partial charge >= 0.3 is 0 Å². The van der Waals surface area contributed by atoms with E-state index in [1.807, 2.05) is 6.07 Å². The van der Waals surface area contributed by atoms with E-state index in [1.165, 1.54) is 0 Å². The third kappa shape index (κ3) is 2.67. The van der Waals surface area contributed by atoms with Gasteiger partial charge < -0.3 is 9.74 Å². The molecule has 5 nitrogen and oxygen atoms in total. The fourth-order valence-corrected chi connectivity index (χ4v) is 1.86. The SMILES string of the molecule is [C-]#[N+]CCN1CCN(c2ccncn2)CC1. The summed E-state index contributed by atoms with van der Waals surface area (Å²) in [6.07, 6.45) is 3.36. The van der Waals surface area contributed by atoms with Gasteiger partial charge in [0.1, 0.15) is 12.1 Å². The highest BCUT2D eigenvalue weighted by molar-refractivity contribution is 5.36. The zero-order chi connectivity index (χ0) is 11.2. The van der Waals surface area contributed by atoms with Crippen LogP contribution >= 0.6 is 0 Å². The van der Waals surface area contributed by atoms with Gasteiger partial charge in [-0.1, -0.05) is 0 Å². The van der Waals surface area contributed by atoms with Crippen LogP contribution in [-0.2, 0) is 0 Å². The lowest BCUT2D eigenvalue weighted by atomic mass is 10.3. The maximum Gasteiger partial charge on any atom is 0.227 e. The first kappa shape index (κ1) is 10.8. The highest BCUT2D eigenvalue weighted by atomic mass is 15.3. The second-order valence-electron chi connectivity index (χ2n) is 3.78. The zero-order valence-corrected chi connectivity index (χ0v) is 9.21. The summed E-state index contributed by atoms with van der Waals surface area (Å²) in [5, 5.41) is 0. The lowest BCUT2D eigenvalue weighted by Crippen LogP contribution is -2.47.